The third kappa shape index (κ3) is 2.48. The first kappa shape index (κ1) is 14.2. The summed E-state index contributed by atoms with van der Waals surface area (Å²) in [5.41, 5.74) is 4.38. The molecule has 0 spiro atoms. The Balaban J connectivity index is 2.00. The van der Waals surface area contributed by atoms with Crippen LogP contribution in [-0.4, -0.2) is 15.0 Å². The lowest BCUT2D eigenvalue weighted by Gasteiger charge is -2.10. The number of fused-ring (bicyclic) bond motifs is 1. The summed E-state index contributed by atoms with van der Waals surface area (Å²) in [4.78, 5) is 12.1. The molecule has 0 bridgehead atoms. The van der Waals surface area contributed by atoms with Gasteiger partial charge in [0.2, 0.25) is 0 Å². The fraction of sp³-hybridized carbons (Fsp3) is 0. The van der Waals surface area contributed by atoms with Gasteiger partial charge in [0, 0.05) is 16.8 Å². The number of nitrogens with zero attached hydrogens (tertiary/aromatic N) is 2. The highest BCUT2D eigenvalue weighted by Crippen LogP contribution is 2.38. The van der Waals surface area contributed by atoms with Crippen LogP contribution < -0.4 is 0 Å². The van der Waals surface area contributed by atoms with Crippen LogP contribution in [0.5, 0.6) is 0 Å². The molecular weight excluding hydrogens is 329 g/mol. The van der Waals surface area contributed by atoms with Crippen LogP contribution in [0, 0.1) is 0 Å². The number of pyridine rings is 1. The molecule has 2 aromatic carbocycles. The second kappa shape index (κ2) is 5.69. The molecule has 0 radical (unpaired) electrons. The average molecular weight is 340 g/mol. The molecule has 4 rings (SSSR count). The Labute approximate surface area is 142 Å². The van der Waals surface area contributed by atoms with Gasteiger partial charge in [0.25, 0.3) is 0 Å². The maximum atomic E-state index is 6.38. The Morgan fingerprint density at radius 3 is 2.43 bits per heavy atom. The van der Waals surface area contributed by atoms with E-state index in [2.05, 4.69) is 15.0 Å². The van der Waals surface area contributed by atoms with E-state index in [9.17, 15) is 0 Å². The van der Waals surface area contributed by atoms with Gasteiger partial charge in [-0.25, -0.2) is 9.97 Å². The lowest BCUT2D eigenvalue weighted by molar-refractivity contribution is 1.27. The predicted molar refractivity (Wildman–Crippen MR) is 94.8 cm³/mol. The summed E-state index contributed by atoms with van der Waals surface area (Å²) in [7, 11) is 0. The highest BCUT2D eigenvalue weighted by Gasteiger charge is 2.17. The Kier molecular flexibility index (Phi) is 3.52. The standard InChI is InChI=1S/C18H11Cl2N3/c19-13-6-2-1-5-11(13)12-9-10-21-17(20)16(12)18-22-14-7-3-4-8-15(14)23-18/h1-10H,(H,22,23). The number of hydrogen-bond donors (Lipinski definition) is 1. The van der Waals surface area contributed by atoms with E-state index in [-0.39, 0.29) is 0 Å². The summed E-state index contributed by atoms with van der Waals surface area (Å²) in [6.45, 7) is 0. The quantitative estimate of drug-likeness (QED) is 0.483. The zero-order chi connectivity index (χ0) is 15.8. The second-order valence-electron chi connectivity index (χ2n) is 5.11. The molecule has 1 N–H and O–H groups in total. The van der Waals surface area contributed by atoms with E-state index in [0.717, 1.165) is 27.7 Å². The third-order valence-electron chi connectivity index (χ3n) is 3.69. The van der Waals surface area contributed by atoms with E-state index >= 15 is 0 Å². The number of halogens is 2. The summed E-state index contributed by atoms with van der Waals surface area (Å²) in [6.07, 6.45) is 1.67. The van der Waals surface area contributed by atoms with Gasteiger partial charge in [-0.2, -0.15) is 0 Å². The zero-order valence-electron chi connectivity index (χ0n) is 11.9. The number of aromatic nitrogens is 3. The van der Waals surface area contributed by atoms with Gasteiger partial charge >= 0.3 is 0 Å². The molecule has 4 aromatic rings. The van der Waals surface area contributed by atoms with Crippen molar-refractivity contribution >= 4 is 34.2 Å². The first-order valence-electron chi connectivity index (χ1n) is 7.08. The minimum Gasteiger partial charge on any atom is -0.338 e. The Morgan fingerprint density at radius 2 is 1.61 bits per heavy atom. The van der Waals surface area contributed by atoms with Gasteiger partial charge in [0.15, 0.2) is 0 Å². The number of nitrogens with one attached hydrogen (secondary N) is 1. The van der Waals surface area contributed by atoms with Gasteiger partial charge in [-0.3, -0.25) is 0 Å². The summed E-state index contributed by atoms with van der Waals surface area (Å²) in [6, 6.07) is 17.4. The average Bonchev–Trinajstić information content (AvgIpc) is 2.98. The number of H-pyrrole nitrogens is 1. The lowest BCUT2D eigenvalue weighted by atomic mass is 10.0. The maximum absolute atomic E-state index is 6.38. The van der Waals surface area contributed by atoms with Gasteiger partial charge in [-0.15, -0.1) is 0 Å². The van der Waals surface area contributed by atoms with Crippen molar-refractivity contribution in [3.05, 3.63) is 71.0 Å². The summed E-state index contributed by atoms with van der Waals surface area (Å²) < 4.78 is 0. The normalized spacial score (nSPS) is 11.0. The minimum absolute atomic E-state index is 0.390. The summed E-state index contributed by atoms with van der Waals surface area (Å²) >= 11 is 12.7. The highest BCUT2D eigenvalue weighted by molar-refractivity contribution is 6.35. The largest absolute Gasteiger partial charge is 0.338 e. The highest BCUT2D eigenvalue weighted by atomic mass is 35.5. The Morgan fingerprint density at radius 1 is 0.826 bits per heavy atom. The van der Waals surface area contributed by atoms with Crippen molar-refractivity contribution < 1.29 is 0 Å². The molecule has 2 heterocycles. The number of para-hydroxylation sites is 2. The van der Waals surface area contributed by atoms with E-state index in [1.54, 1.807) is 6.20 Å². The summed E-state index contributed by atoms with van der Waals surface area (Å²) in [5.74, 6) is 0.680. The molecular formula is C18H11Cl2N3. The number of hydrogen-bond acceptors (Lipinski definition) is 2. The molecule has 112 valence electrons. The van der Waals surface area contributed by atoms with Gasteiger partial charge in [0.05, 0.1) is 16.6 Å². The molecule has 0 unspecified atom stereocenters. The molecule has 0 saturated heterocycles. The third-order valence-corrected chi connectivity index (χ3v) is 4.31. The monoisotopic (exact) mass is 339 g/mol. The maximum Gasteiger partial charge on any atom is 0.142 e. The molecule has 5 heteroatoms. The van der Waals surface area contributed by atoms with E-state index in [1.807, 2.05) is 54.6 Å². The van der Waals surface area contributed by atoms with Crippen LogP contribution in [0.2, 0.25) is 10.2 Å². The van der Waals surface area contributed by atoms with Crippen molar-refractivity contribution in [2.75, 3.05) is 0 Å². The number of aromatic amines is 1. The number of rotatable bonds is 2. The van der Waals surface area contributed by atoms with Crippen molar-refractivity contribution in [3.63, 3.8) is 0 Å². The van der Waals surface area contributed by atoms with Crippen molar-refractivity contribution in [1.82, 2.24) is 15.0 Å². The van der Waals surface area contributed by atoms with Crippen LogP contribution in [0.25, 0.3) is 33.5 Å². The number of imidazole rings is 1. The van der Waals surface area contributed by atoms with E-state index < -0.39 is 0 Å². The van der Waals surface area contributed by atoms with Crippen LogP contribution in [0.15, 0.2) is 60.8 Å². The van der Waals surface area contributed by atoms with Gasteiger partial charge < -0.3 is 4.98 Å². The van der Waals surface area contributed by atoms with Crippen LogP contribution in [0.1, 0.15) is 0 Å². The lowest BCUT2D eigenvalue weighted by Crippen LogP contribution is -1.91. The van der Waals surface area contributed by atoms with Gasteiger partial charge in [-0.1, -0.05) is 53.5 Å². The molecule has 0 aliphatic carbocycles. The SMILES string of the molecule is Clc1ccccc1-c1ccnc(Cl)c1-c1nc2ccccc2[nH]1. The minimum atomic E-state index is 0.390. The molecule has 0 amide bonds. The van der Waals surface area contributed by atoms with Gasteiger partial charge in [-0.05, 0) is 29.8 Å². The molecule has 2 aromatic heterocycles. The van der Waals surface area contributed by atoms with Crippen LogP contribution in [0.4, 0.5) is 0 Å². The molecule has 0 atom stereocenters. The van der Waals surface area contributed by atoms with Crippen molar-refractivity contribution in [2.24, 2.45) is 0 Å². The molecule has 0 aliphatic rings. The molecule has 23 heavy (non-hydrogen) atoms. The molecule has 3 nitrogen and oxygen atoms in total. The van der Waals surface area contributed by atoms with E-state index in [1.165, 1.54) is 0 Å². The van der Waals surface area contributed by atoms with Crippen LogP contribution in [-0.2, 0) is 0 Å². The van der Waals surface area contributed by atoms with E-state index in [4.69, 9.17) is 23.2 Å². The first-order chi connectivity index (χ1) is 11.2. The van der Waals surface area contributed by atoms with E-state index in [0.29, 0.717) is 16.0 Å². The smallest absolute Gasteiger partial charge is 0.142 e. The van der Waals surface area contributed by atoms with Crippen LogP contribution >= 0.6 is 23.2 Å². The number of benzene rings is 2. The van der Waals surface area contributed by atoms with Crippen molar-refractivity contribution in [2.45, 2.75) is 0 Å². The first-order valence-corrected chi connectivity index (χ1v) is 7.84. The molecule has 0 saturated carbocycles. The van der Waals surface area contributed by atoms with Crippen molar-refractivity contribution in [1.29, 1.82) is 0 Å². The Hall–Kier alpha value is -2.36. The topological polar surface area (TPSA) is 41.6 Å². The fourth-order valence-electron chi connectivity index (χ4n) is 2.64. The second-order valence-corrected chi connectivity index (χ2v) is 5.87. The predicted octanol–water partition coefficient (Wildman–Crippen LogP) is 5.60. The van der Waals surface area contributed by atoms with Gasteiger partial charge in [0.1, 0.15) is 11.0 Å². The van der Waals surface area contributed by atoms with Crippen LogP contribution in [0.3, 0.4) is 0 Å². The molecule has 0 fully saturated rings. The van der Waals surface area contributed by atoms with Crippen molar-refractivity contribution in [3.8, 4) is 22.5 Å². The molecule has 0 aliphatic heterocycles. The Bertz CT molecular complexity index is 975. The fourth-order valence-corrected chi connectivity index (χ4v) is 3.12. The summed E-state index contributed by atoms with van der Waals surface area (Å²) in [5, 5.41) is 1.05. The zero-order valence-corrected chi connectivity index (χ0v) is 13.4.